The van der Waals surface area contributed by atoms with Gasteiger partial charge in [-0.25, -0.2) is 13.1 Å². The fraction of sp³-hybridized carbons (Fsp3) is 0.538. The van der Waals surface area contributed by atoms with Crippen LogP contribution < -0.4 is 9.46 Å². The zero-order valence-electron chi connectivity index (χ0n) is 11.2. The molecule has 1 atom stereocenters. The zero-order chi connectivity index (χ0) is 13.9. The number of methoxy groups -OCH3 is 1. The highest BCUT2D eigenvalue weighted by molar-refractivity contribution is 8.00. The molecule has 1 aliphatic heterocycles. The predicted octanol–water partition coefficient (Wildman–Crippen LogP) is 2.18. The van der Waals surface area contributed by atoms with Crippen LogP contribution in [0.15, 0.2) is 23.1 Å². The Labute approximate surface area is 119 Å². The minimum absolute atomic E-state index is 0.220. The molecule has 0 spiro atoms. The van der Waals surface area contributed by atoms with Crippen molar-refractivity contribution in [3.63, 3.8) is 0 Å². The van der Waals surface area contributed by atoms with Crippen LogP contribution in [0.2, 0.25) is 0 Å². The van der Waals surface area contributed by atoms with Gasteiger partial charge in [-0.15, -0.1) is 0 Å². The van der Waals surface area contributed by atoms with Crippen molar-refractivity contribution in [2.75, 3.05) is 19.4 Å². The maximum absolute atomic E-state index is 12.3. The monoisotopic (exact) mass is 301 g/mol. The molecule has 0 amide bonds. The maximum atomic E-state index is 12.3. The highest BCUT2D eigenvalue weighted by atomic mass is 32.2. The van der Waals surface area contributed by atoms with Gasteiger partial charge in [-0.05, 0) is 43.2 Å². The molecule has 1 saturated heterocycles. The molecular weight excluding hydrogens is 282 g/mol. The number of hydrogen-bond acceptors (Lipinski definition) is 4. The molecule has 1 unspecified atom stereocenters. The molecule has 0 radical (unpaired) electrons. The molecule has 1 aromatic carbocycles. The lowest BCUT2D eigenvalue weighted by Crippen LogP contribution is -2.30. The molecule has 106 valence electrons. The molecule has 19 heavy (non-hydrogen) atoms. The number of nitrogens with one attached hydrogen (secondary N) is 1. The summed E-state index contributed by atoms with van der Waals surface area (Å²) < 4.78 is 32.5. The van der Waals surface area contributed by atoms with E-state index in [4.69, 9.17) is 4.74 Å². The smallest absolute Gasteiger partial charge is 0.244 e. The van der Waals surface area contributed by atoms with Crippen LogP contribution in [0.1, 0.15) is 18.4 Å². The molecule has 6 heteroatoms. The van der Waals surface area contributed by atoms with Crippen molar-refractivity contribution in [3.8, 4) is 5.75 Å². The van der Waals surface area contributed by atoms with Gasteiger partial charge < -0.3 is 4.74 Å². The first-order valence-corrected chi connectivity index (χ1v) is 8.82. The van der Waals surface area contributed by atoms with Gasteiger partial charge in [0, 0.05) is 11.8 Å². The Balaban J connectivity index is 2.16. The molecule has 0 aromatic heterocycles. The van der Waals surface area contributed by atoms with Crippen LogP contribution in [0, 0.1) is 6.92 Å². The van der Waals surface area contributed by atoms with Crippen LogP contribution in [0.25, 0.3) is 0 Å². The summed E-state index contributed by atoms with van der Waals surface area (Å²) in [7, 11) is -2.02. The average molecular weight is 301 g/mol. The highest BCUT2D eigenvalue weighted by Gasteiger charge is 2.22. The van der Waals surface area contributed by atoms with Crippen molar-refractivity contribution in [2.24, 2.45) is 0 Å². The van der Waals surface area contributed by atoms with Gasteiger partial charge in [0.1, 0.15) is 10.6 Å². The SMILES string of the molecule is COc1ccc(C)cc1S(=O)(=O)NCC1CCCS1. The van der Waals surface area contributed by atoms with Crippen molar-refractivity contribution < 1.29 is 13.2 Å². The van der Waals surface area contributed by atoms with E-state index in [1.54, 1.807) is 12.1 Å². The summed E-state index contributed by atoms with van der Waals surface area (Å²) in [6.07, 6.45) is 2.25. The minimum atomic E-state index is -3.50. The molecule has 2 rings (SSSR count). The van der Waals surface area contributed by atoms with Crippen molar-refractivity contribution in [1.82, 2.24) is 4.72 Å². The number of ether oxygens (including phenoxy) is 1. The van der Waals surface area contributed by atoms with Crippen molar-refractivity contribution >= 4 is 21.8 Å². The van der Waals surface area contributed by atoms with Gasteiger partial charge in [0.15, 0.2) is 0 Å². The highest BCUT2D eigenvalue weighted by Crippen LogP contribution is 2.27. The van der Waals surface area contributed by atoms with Crippen LogP contribution >= 0.6 is 11.8 Å². The molecule has 0 saturated carbocycles. The second-order valence-corrected chi connectivity index (χ2v) is 7.78. The summed E-state index contributed by atoms with van der Waals surface area (Å²) in [6, 6.07) is 5.17. The second-order valence-electron chi connectivity index (χ2n) is 4.64. The number of aryl methyl sites for hydroxylation is 1. The Morgan fingerprint density at radius 1 is 1.47 bits per heavy atom. The molecule has 1 heterocycles. The van der Waals surface area contributed by atoms with E-state index in [0.717, 1.165) is 17.7 Å². The standard InChI is InChI=1S/C13H19NO3S2/c1-10-5-6-12(17-2)13(8-10)19(15,16)14-9-11-4-3-7-18-11/h5-6,8,11,14H,3-4,7,9H2,1-2H3. The van der Waals surface area contributed by atoms with Gasteiger partial charge in [-0.3, -0.25) is 0 Å². The molecular formula is C13H19NO3S2. The molecule has 0 aliphatic carbocycles. The summed E-state index contributed by atoms with van der Waals surface area (Å²) >= 11 is 1.83. The normalized spacial score (nSPS) is 19.6. The summed E-state index contributed by atoms with van der Waals surface area (Å²) in [5.74, 6) is 1.51. The molecule has 1 N–H and O–H groups in total. The summed E-state index contributed by atoms with van der Waals surface area (Å²) in [6.45, 7) is 2.36. The van der Waals surface area contributed by atoms with Crippen LogP contribution in [0.3, 0.4) is 0 Å². The lowest BCUT2D eigenvalue weighted by Gasteiger charge is -2.13. The van der Waals surface area contributed by atoms with Crippen LogP contribution in [-0.2, 0) is 10.0 Å². The predicted molar refractivity (Wildman–Crippen MR) is 78.4 cm³/mol. The fourth-order valence-corrected chi connectivity index (χ4v) is 4.72. The Morgan fingerprint density at radius 3 is 2.89 bits per heavy atom. The number of thioether (sulfide) groups is 1. The van der Waals surface area contributed by atoms with E-state index in [9.17, 15) is 8.42 Å². The van der Waals surface area contributed by atoms with Crippen molar-refractivity contribution in [2.45, 2.75) is 29.9 Å². The summed E-state index contributed by atoms with van der Waals surface area (Å²) in [5, 5.41) is 0.394. The van der Waals surface area contributed by atoms with Crippen LogP contribution in [0.5, 0.6) is 5.75 Å². The minimum Gasteiger partial charge on any atom is -0.495 e. The third kappa shape index (κ3) is 3.64. The molecule has 1 aromatic rings. The third-order valence-corrected chi connectivity index (χ3v) is 5.98. The van der Waals surface area contributed by atoms with E-state index in [1.807, 2.05) is 24.8 Å². The number of hydrogen-bond donors (Lipinski definition) is 1. The van der Waals surface area contributed by atoms with Crippen LogP contribution in [0.4, 0.5) is 0 Å². The Morgan fingerprint density at radius 2 is 2.26 bits per heavy atom. The first kappa shape index (κ1) is 14.7. The summed E-state index contributed by atoms with van der Waals surface area (Å²) in [4.78, 5) is 0.220. The largest absolute Gasteiger partial charge is 0.495 e. The molecule has 0 bridgehead atoms. The van der Waals surface area contributed by atoms with E-state index in [2.05, 4.69) is 4.72 Å². The van der Waals surface area contributed by atoms with E-state index in [-0.39, 0.29) is 4.90 Å². The van der Waals surface area contributed by atoms with E-state index in [1.165, 1.54) is 13.5 Å². The van der Waals surface area contributed by atoms with Gasteiger partial charge in [-0.1, -0.05) is 6.07 Å². The van der Waals surface area contributed by atoms with E-state index < -0.39 is 10.0 Å². The molecule has 1 aliphatic rings. The van der Waals surface area contributed by atoms with Gasteiger partial charge in [0.2, 0.25) is 10.0 Å². The van der Waals surface area contributed by atoms with E-state index in [0.29, 0.717) is 17.5 Å². The zero-order valence-corrected chi connectivity index (χ0v) is 12.8. The second kappa shape index (κ2) is 6.15. The maximum Gasteiger partial charge on any atom is 0.244 e. The fourth-order valence-electron chi connectivity index (χ4n) is 2.08. The first-order valence-electron chi connectivity index (χ1n) is 6.29. The van der Waals surface area contributed by atoms with Crippen LogP contribution in [-0.4, -0.2) is 33.1 Å². The quantitative estimate of drug-likeness (QED) is 0.905. The average Bonchev–Trinajstić information content (AvgIpc) is 2.89. The first-order chi connectivity index (χ1) is 9.03. The molecule has 1 fully saturated rings. The topological polar surface area (TPSA) is 55.4 Å². The Hall–Kier alpha value is -0.720. The Bertz CT molecular complexity index is 537. The van der Waals surface area contributed by atoms with Gasteiger partial charge in [0.05, 0.1) is 7.11 Å². The molecule has 4 nitrogen and oxygen atoms in total. The summed E-state index contributed by atoms with van der Waals surface area (Å²) in [5.41, 5.74) is 0.899. The number of rotatable bonds is 5. The van der Waals surface area contributed by atoms with Gasteiger partial charge in [-0.2, -0.15) is 11.8 Å². The lowest BCUT2D eigenvalue weighted by atomic mass is 10.2. The number of sulfonamides is 1. The van der Waals surface area contributed by atoms with Crippen molar-refractivity contribution in [3.05, 3.63) is 23.8 Å². The third-order valence-electron chi connectivity index (χ3n) is 3.13. The van der Waals surface area contributed by atoms with Crippen molar-refractivity contribution in [1.29, 1.82) is 0 Å². The lowest BCUT2D eigenvalue weighted by molar-refractivity contribution is 0.402. The van der Waals surface area contributed by atoms with E-state index >= 15 is 0 Å². The van der Waals surface area contributed by atoms with Gasteiger partial charge >= 0.3 is 0 Å². The van der Waals surface area contributed by atoms with Gasteiger partial charge in [0.25, 0.3) is 0 Å². The Kier molecular flexibility index (Phi) is 4.76. The number of benzene rings is 1.